The number of nitrogens with zero attached hydrogens (tertiary/aromatic N) is 2. The Morgan fingerprint density at radius 2 is 1.35 bits per heavy atom. The van der Waals surface area contributed by atoms with Gasteiger partial charge in [-0.3, -0.25) is 0 Å². The summed E-state index contributed by atoms with van der Waals surface area (Å²) in [5.74, 6) is 0.498. The predicted molar refractivity (Wildman–Crippen MR) is 70.8 cm³/mol. The molecule has 1 aromatic carbocycles. The van der Waals surface area contributed by atoms with Crippen LogP contribution in [0.1, 0.15) is 22.5 Å². The molecule has 0 amide bonds. The molecule has 88 valence electrons. The first-order chi connectivity index (χ1) is 7.97. The van der Waals surface area contributed by atoms with Crippen molar-refractivity contribution < 1.29 is 0 Å². The van der Waals surface area contributed by atoms with Crippen LogP contribution in [0, 0.1) is 27.7 Å². The van der Waals surface area contributed by atoms with Gasteiger partial charge >= 0.3 is 0 Å². The van der Waals surface area contributed by atoms with Crippen molar-refractivity contribution in [3.63, 3.8) is 0 Å². The smallest absolute Gasteiger partial charge is 0.150 e. The molecule has 0 atom stereocenters. The zero-order chi connectivity index (χ0) is 12.6. The molecule has 0 saturated heterocycles. The number of rotatable bonds is 1. The summed E-state index contributed by atoms with van der Waals surface area (Å²) in [5, 5.41) is 0. The Hall–Kier alpha value is -1.90. The molecule has 17 heavy (non-hydrogen) atoms. The molecular weight excluding hydrogens is 210 g/mol. The molecule has 3 heteroatoms. The molecule has 1 heterocycles. The van der Waals surface area contributed by atoms with Crippen LogP contribution in [-0.2, 0) is 0 Å². The highest BCUT2D eigenvalue weighted by Gasteiger charge is 2.09. The van der Waals surface area contributed by atoms with Crippen molar-refractivity contribution in [2.24, 2.45) is 0 Å². The van der Waals surface area contributed by atoms with E-state index in [1.165, 1.54) is 11.1 Å². The van der Waals surface area contributed by atoms with Crippen LogP contribution in [0.2, 0.25) is 0 Å². The van der Waals surface area contributed by atoms with Crippen LogP contribution in [-0.4, -0.2) is 9.97 Å². The van der Waals surface area contributed by atoms with Crippen LogP contribution < -0.4 is 5.73 Å². The van der Waals surface area contributed by atoms with Crippen molar-refractivity contribution in [2.75, 3.05) is 5.73 Å². The molecule has 0 saturated carbocycles. The number of hydrogen-bond acceptors (Lipinski definition) is 3. The Labute approximate surface area is 102 Å². The van der Waals surface area contributed by atoms with Crippen LogP contribution in [0.5, 0.6) is 0 Å². The predicted octanol–water partition coefficient (Wildman–Crippen LogP) is 2.96. The first-order valence-electron chi connectivity index (χ1n) is 5.67. The number of anilines is 1. The largest absolute Gasteiger partial charge is 0.382 e. The Morgan fingerprint density at radius 3 is 1.94 bits per heavy atom. The van der Waals surface area contributed by atoms with Crippen molar-refractivity contribution in [3.8, 4) is 11.3 Å². The number of aromatic nitrogens is 2. The summed E-state index contributed by atoms with van der Waals surface area (Å²) in [6, 6.07) is 6.30. The normalized spacial score (nSPS) is 10.6. The summed E-state index contributed by atoms with van der Waals surface area (Å²) in [5.41, 5.74) is 12.0. The second-order valence-electron chi connectivity index (χ2n) is 4.50. The summed E-state index contributed by atoms with van der Waals surface area (Å²) >= 11 is 0. The van der Waals surface area contributed by atoms with Crippen LogP contribution in [0.3, 0.4) is 0 Å². The zero-order valence-corrected chi connectivity index (χ0v) is 10.7. The highest BCUT2D eigenvalue weighted by Crippen LogP contribution is 2.25. The lowest BCUT2D eigenvalue weighted by Crippen LogP contribution is -2.02. The molecule has 0 radical (unpaired) electrons. The molecule has 0 aliphatic carbocycles. The maximum atomic E-state index is 5.95. The first-order valence-corrected chi connectivity index (χ1v) is 5.67. The van der Waals surface area contributed by atoms with Crippen LogP contribution >= 0.6 is 0 Å². The van der Waals surface area contributed by atoms with Gasteiger partial charge in [-0.1, -0.05) is 17.2 Å². The molecular formula is C14H17N3. The summed E-state index contributed by atoms with van der Waals surface area (Å²) in [6.07, 6.45) is 0. The Kier molecular flexibility index (Phi) is 2.84. The van der Waals surface area contributed by atoms with E-state index in [0.29, 0.717) is 5.82 Å². The molecule has 0 fully saturated rings. The second kappa shape index (κ2) is 4.17. The fourth-order valence-corrected chi connectivity index (χ4v) is 1.94. The van der Waals surface area contributed by atoms with Crippen molar-refractivity contribution >= 4 is 5.82 Å². The minimum absolute atomic E-state index is 0.498. The lowest BCUT2D eigenvalue weighted by atomic mass is 10.0. The minimum Gasteiger partial charge on any atom is -0.382 e. The molecule has 2 N–H and O–H groups in total. The third kappa shape index (κ3) is 2.28. The fraction of sp³-hybridized carbons (Fsp3) is 0.286. The van der Waals surface area contributed by atoms with E-state index < -0.39 is 0 Å². The fourth-order valence-electron chi connectivity index (χ4n) is 1.94. The third-order valence-corrected chi connectivity index (χ3v) is 2.83. The van der Waals surface area contributed by atoms with Gasteiger partial charge in [-0.25, -0.2) is 9.97 Å². The average molecular weight is 227 g/mol. The lowest BCUT2D eigenvalue weighted by Gasteiger charge is -2.09. The van der Waals surface area contributed by atoms with Gasteiger partial charge in [-0.15, -0.1) is 0 Å². The van der Waals surface area contributed by atoms with Gasteiger partial charge < -0.3 is 5.73 Å². The average Bonchev–Trinajstić information content (AvgIpc) is 2.22. The topological polar surface area (TPSA) is 51.8 Å². The second-order valence-corrected chi connectivity index (χ2v) is 4.50. The van der Waals surface area contributed by atoms with E-state index in [-0.39, 0.29) is 0 Å². The van der Waals surface area contributed by atoms with Gasteiger partial charge in [-0.2, -0.15) is 0 Å². The molecule has 0 unspecified atom stereocenters. The van der Waals surface area contributed by atoms with Crippen molar-refractivity contribution in [2.45, 2.75) is 27.7 Å². The number of benzene rings is 1. The summed E-state index contributed by atoms with van der Waals surface area (Å²) in [4.78, 5) is 8.86. The van der Waals surface area contributed by atoms with Crippen molar-refractivity contribution in [1.29, 1.82) is 0 Å². The Balaban J connectivity index is 2.64. The quantitative estimate of drug-likeness (QED) is 0.814. The zero-order valence-electron chi connectivity index (χ0n) is 10.7. The number of aryl methyl sites for hydroxylation is 4. The van der Waals surface area contributed by atoms with Crippen molar-refractivity contribution in [1.82, 2.24) is 9.97 Å². The van der Waals surface area contributed by atoms with E-state index in [2.05, 4.69) is 42.0 Å². The van der Waals surface area contributed by atoms with E-state index in [1.807, 2.05) is 13.8 Å². The summed E-state index contributed by atoms with van der Waals surface area (Å²) in [7, 11) is 0. The summed E-state index contributed by atoms with van der Waals surface area (Å²) in [6.45, 7) is 8.01. The van der Waals surface area contributed by atoms with Crippen LogP contribution in [0.25, 0.3) is 11.3 Å². The van der Waals surface area contributed by atoms with Crippen molar-refractivity contribution in [3.05, 3.63) is 40.7 Å². The van der Waals surface area contributed by atoms with Crippen LogP contribution in [0.15, 0.2) is 18.2 Å². The standard InChI is InChI=1S/C14H17N3/c1-8-5-9(2)7-12(6-8)13-14(15)17-11(4)10(3)16-13/h5-7H,1-4H3,(H2,15,17). The lowest BCUT2D eigenvalue weighted by molar-refractivity contribution is 1.06. The number of hydrogen-bond donors (Lipinski definition) is 1. The van der Waals surface area contributed by atoms with Crippen LogP contribution in [0.4, 0.5) is 5.82 Å². The van der Waals surface area contributed by atoms with Gasteiger partial charge in [-0.05, 0) is 39.8 Å². The number of nitrogens with two attached hydrogens (primary N) is 1. The third-order valence-electron chi connectivity index (χ3n) is 2.83. The van der Waals surface area contributed by atoms with Gasteiger partial charge in [0, 0.05) is 5.56 Å². The SMILES string of the molecule is Cc1cc(C)cc(-c2nc(C)c(C)nc2N)c1. The van der Waals surface area contributed by atoms with Gasteiger partial charge in [0.05, 0.1) is 11.4 Å². The van der Waals surface area contributed by atoms with Gasteiger partial charge in [0.1, 0.15) is 11.5 Å². The minimum atomic E-state index is 0.498. The van der Waals surface area contributed by atoms with Gasteiger partial charge in [0.25, 0.3) is 0 Å². The maximum Gasteiger partial charge on any atom is 0.150 e. The molecule has 0 spiro atoms. The van der Waals surface area contributed by atoms with E-state index in [0.717, 1.165) is 22.6 Å². The van der Waals surface area contributed by atoms with E-state index >= 15 is 0 Å². The maximum absolute atomic E-state index is 5.95. The summed E-state index contributed by atoms with van der Waals surface area (Å²) < 4.78 is 0. The molecule has 2 rings (SSSR count). The highest BCUT2D eigenvalue weighted by atomic mass is 14.9. The van der Waals surface area contributed by atoms with E-state index in [9.17, 15) is 0 Å². The Bertz CT molecular complexity index is 554. The molecule has 0 aliphatic rings. The monoisotopic (exact) mass is 227 g/mol. The molecule has 0 aliphatic heterocycles. The molecule has 1 aromatic heterocycles. The van der Waals surface area contributed by atoms with Gasteiger partial charge in [0.2, 0.25) is 0 Å². The van der Waals surface area contributed by atoms with E-state index in [4.69, 9.17) is 5.73 Å². The van der Waals surface area contributed by atoms with E-state index in [1.54, 1.807) is 0 Å². The molecule has 3 nitrogen and oxygen atoms in total. The number of nitrogen functional groups attached to an aromatic ring is 1. The van der Waals surface area contributed by atoms with Gasteiger partial charge in [0.15, 0.2) is 0 Å². The molecule has 0 bridgehead atoms. The first kappa shape index (κ1) is 11.6. The highest BCUT2D eigenvalue weighted by molar-refractivity contribution is 5.71. The molecule has 2 aromatic rings. The Morgan fingerprint density at radius 1 is 0.824 bits per heavy atom.